The third-order valence-electron chi connectivity index (χ3n) is 4.51. The largest absolute Gasteiger partial charge is 0.410 e. The molecule has 0 aromatic carbocycles. The molecule has 0 unspecified atom stereocenters. The number of nitrogens with zero attached hydrogens (tertiary/aromatic N) is 4. The van der Waals surface area contributed by atoms with Gasteiger partial charge in [0.25, 0.3) is 17.0 Å². The van der Waals surface area contributed by atoms with E-state index >= 15 is 0 Å². The van der Waals surface area contributed by atoms with Crippen LogP contribution in [-0.2, 0) is 18.6 Å². The van der Waals surface area contributed by atoms with E-state index < -0.39 is 0 Å². The Bertz CT molecular complexity index is 1050. The molecule has 5 rings (SSSR count). The highest BCUT2D eigenvalue weighted by Gasteiger charge is 2.21. The van der Waals surface area contributed by atoms with Crippen LogP contribution in [0.5, 0.6) is 0 Å². The van der Waals surface area contributed by atoms with E-state index in [1.807, 2.05) is 16.8 Å². The fraction of sp³-hybridized carbons (Fsp3) is 0.333. The Balaban J connectivity index is 1.26. The minimum Gasteiger partial charge on any atom is -0.410 e. The second kappa shape index (κ2) is 7.21. The van der Waals surface area contributed by atoms with Gasteiger partial charge in [0.2, 0.25) is 0 Å². The number of aryl methyl sites for hydroxylation is 1. The van der Waals surface area contributed by atoms with Crippen LogP contribution in [-0.4, -0.2) is 20.3 Å². The van der Waals surface area contributed by atoms with E-state index in [9.17, 15) is 0 Å². The zero-order valence-corrected chi connectivity index (χ0v) is 17.0. The van der Waals surface area contributed by atoms with Gasteiger partial charge >= 0.3 is 0 Å². The summed E-state index contributed by atoms with van der Waals surface area (Å²) in [7, 11) is 0. The SMILES string of the molecule is C[C@@H]1CCc2sc(-c3nnc(SCc4noc(-c5ccsc5)n4)o3)cc2C1. The third-order valence-corrected chi connectivity index (χ3v) is 7.23. The first-order valence-electron chi connectivity index (χ1n) is 8.68. The Labute approximate surface area is 168 Å². The normalized spacial score (nSPS) is 16.6. The van der Waals surface area contributed by atoms with Crippen molar-refractivity contribution in [3.05, 3.63) is 39.2 Å². The molecule has 138 valence electrons. The van der Waals surface area contributed by atoms with Gasteiger partial charge in [0.15, 0.2) is 5.82 Å². The molecule has 0 aliphatic heterocycles. The van der Waals surface area contributed by atoms with Crippen LogP contribution in [0.15, 0.2) is 37.1 Å². The number of hydrogen-bond acceptors (Lipinski definition) is 9. The third kappa shape index (κ3) is 3.59. The summed E-state index contributed by atoms with van der Waals surface area (Å²) in [6, 6.07) is 4.17. The molecule has 0 saturated heterocycles. The van der Waals surface area contributed by atoms with Crippen LogP contribution in [0.4, 0.5) is 0 Å². The lowest BCUT2D eigenvalue weighted by molar-refractivity contribution is 0.425. The smallest absolute Gasteiger partial charge is 0.277 e. The molecule has 0 saturated carbocycles. The molecule has 0 bridgehead atoms. The zero-order valence-electron chi connectivity index (χ0n) is 14.5. The van der Waals surface area contributed by atoms with E-state index in [1.54, 1.807) is 22.7 Å². The van der Waals surface area contributed by atoms with Gasteiger partial charge in [-0.3, -0.25) is 0 Å². The van der Waals surface area contributed by atoms with Gasteiger partial charge in [0.1, 0.15) is 0 Å². The van der Waals surface area contributed by atoms with Crippen LogP contribution in [0, 0.1) is 5.92 Å². The average Bonchev–Trinajstić information content (AvgIpc) is 3.45. The van der Waals surface area contributed by atoms with E-state index in [1.165, 1.54) is 28.6 Å². The molecule has 1 aliphatic rings. The van der Waals surface area contributed by atoms with Crippen molar-refractivity contribution in [1.29, 1.82) is 0 Å². The molecule has 6 nitrogen and oxygen atoms in total. The number of fused-ring (bicyclic) bond motifs is 1. The van der Waals surface area contributed by atoms with Crippen molar-refractivity contribution >= 4 is 34.4 Å². The maximum atomic E-state index is 5.84. The Morgan fingerprint density at radius 2 is 2.26 bits per heavy atom. The van der Waals surface area contributed by atoms with Gasteiger partial charge in [-0.15, -0.1) is 21.5 Å². The average molecular weight is 417 g/mol. The fourth-order valence-electron chi connectivity index (χ4n) is 3.12. The summed E-state index contributed by atoms with van der Waals surface area (Å²) in [4.78, 5) is 6.93. The lowest BCUT2D eigenvalue weighted by Gasteiger charge is -2.16. The van der Waals surface area contributed by atoms with Crippen LogP contribution in [0.25, 0.3) is 22.2 Å². The Morgan fingerprint density at radius 1 is 1.30 bits per heavy atom. The molecule has 0 fully saturated rings. The van der Waals surface area contributed by atoms with Crippen molar-refractivity contribution < 1.29 is 8.94 Å². The number of rotatable bonds is 5. The van der Waals surface area contributed by atoms with Gasteiger partial charge < -0.3 is 8.94 Å². The molecule has 0 spiro atoms. The molecule has 4 aromatic heterocycles. The standard InChI is InChI=1S/C18H16N4O2S3/c1-10-2-3-13-12(6-10)7-14(27-13)17-20-21-18(23-17)26-9-15-19-16(24-22-15)11-4-5-25-8-11/h4-5,7-8,10H,2-3,6,9H2,1H3/t10-/m1/s1. The molecule has 1 aliphatic carbocycles. The van der Waals surface area contributed by atoms with Crippen molar-refractivity contribution in [2.75, 3.05) is 0 Å². The van der Waals surface area contributed by atoms with Crippen LogP contribution in [0.1, 0.15) is 29.6 Å². The number of thiophene rings is 2. The second-order valence-electron chi connectivity index (χ2n) is 6.60. The molecular formula is C18H16N4O2S3. The predicted octanol–water partition coefficient (Wildman–Crippen LogP) is 5.33. The quantitative estimate of drug-likeness (QED) is 0.407. The highest BCUT2D eigenvalue weighted by atomic mass is 32.2. The van der Waals surface area contributed by atoms with Crippen LogP contribution in [0.3, 0.4) is 0 Å². The summed E-state index contributed by atoms with van der Waals surface area (Å²) in [5.41, 5.74) is 2.38. The summed E-state index contributed by atoms with van der Waals surface area (Å²) < 4.78 is 11.1. The predicted molar refractivity (Wildman–Crippen MR) is 106 cm³/mol. The summed E-state index contributed by atoms with van der Waals surface area (Å²) in [6.07, 6.45) is 3.56. The molecule has 0 amide bonds. The molecule has 0 N–H and O–H groups in total. The van der Waals surface area contributed by atoms with Crippen molar-refractivity contribution in [2.24, 2.45) is 5.92 Å². The van der Waals surface area contributed by atoms with Crippen molar-refractivity contribution in [3.63, 3.8) is 0 Å². The van der Waals surface area contributed by atoms with Crippen LogP contribution < -0.4 is 0 Å². The monoisotopic (exact) mass is 416 g/mol. The minimum atomic E-state index is 0.520. The van der Waals surface area contributed by atoms with Gasteiger partial charge in [-0.05, 0) is 48.3 Å². The summed E-state index contributed by atoms with van der Waals surface area (Å²) in [5, 5.41) is 16.9. The van der Waals surface area contributed by atoms with E-state index in [0.717, 1.165) is 29.2 Å². The molecule has 1 atom stereocenters. The highest BCUT2D eigenvalue weighted by molar-refractivity contribution is 7.98. The molecule has 4 aromatic rings. The van der Waals surface area contributed by atoms with Gasteiger partial charge in [-0.2, -0.15) is 16.3 Å². The second-order valence-corrected chi connectivity index (χ2v) is 9.44. The molecule has 9 heteroatoms. The topological polar surface area (TPSA) is 77.8 Å². The Morgan fingerprint density at radius 3 is 3.15 bits per heavy atom. The highest BCUT2D eigenvalue weighted by Crippen LogP contribution is 2.37. The number of thioether (sulfide) groups is 1. The van der Waals surface area contributed by atoms with Crippen molar-refractivity contribution in [1.82, 2.24) is 20.3 Å². The van der Waals surface area contributed by atoms with E-state index in [0.29, 0.717) is 28.6 Å². The van der Waals surface area contributed by atoms with Gasteiger partial charge in [-0.25, -0.2) is 0 Å². The summed E-state index contributed by atoms with van der Waals surface area (Å²) in [5.74, 6) is 3.02. The zero-order chi connectivity index (χ0) is 18.2. The first-order chi connectivity index (χ1) is 13.2. The first-order valence-corrected chi connectivity index (χ1v) is 11.4. The van der Waals surface area contributed by atoms with Crippen molar-refractivity contribution in [3.8, 4) is 22.2 Å². The lowest BCUT2D eigenvalue weighted by atomic mass is 9.90. The lowest BCUT2D eigenvalue weighted by Crippen LogP contribution is -2.07. The van der Waals surface area contributed by atoms with Crippen molar-refractivity contribution in [2.45, 2.75) is 37.2 Å². The molecule has 4 heterocycles. The van der Waals surface area contributed by atoms with Crippen LogP contribution in [0.2, 0.25) is 0 Å². The summed E-state index contributed by atoms with van der Waals surface area (Å²) >= 11 is 4.79. The Kier molecular flexibility index (Phi) is 4.58. The molecule has 27 heavy (non-hydrogen) atoms. The van der Waals surface area contributed by atoms with Crippen LogP contribution >= 0.6 is 34.4 Å². The first kappa shape index (κ1) is 17.2. The fourth-order valence-corrected chi connectivity index (χ4v) is 5.49. The Hall–Kier alpha value is -1.97. The van der Waals surface area contributed by atoms with Gasteiger partial charge in [-0.1, -0.05) is 23.8 Å². The molecular weight excluding hydrogens is 400 g/mol. The van der Waals surface area contributed by atoms with E-state index in [4.69, 9.17) is 8.94 Å². The van der Waals surface area contributed by atoms with E-state index in [-0.39, 0.29) is 0 Å². The van der Waals surface area contributed by atoms with E-state index in [2.05, 4.69) is 33.3 Å². The summed E-state index contributed by atoms with van der Waals surface area (Å²) in [6.45, 7) is 2.31. The number of hydrogen-bond donors (Lipinski definition) is 0. The minimum absolute atomic E-state index is 0.520. The number of aromatic nitrogens is 4. The maximum Gasteiger partial charge on any atom is 0.277 e. The molecule has 0 radical (unpaired) electrons. The van der Waals surface area contributed by atoms with Gasteiger partial charge in [0, 0.05) is 10.3 Å². The maximum absolute atomic E-state index is 5.84. The van der Waals surface area contributed by atoms with Gasteiger partial charge in [0.05, 0.1) is 16.2 Å².